The van der Waals surface area contributed by atoms with Crippen molar-refractivity contribution >= 4 is 22.9 Å². The molecule has 1 aliphatic rings. The molecule has 0 amide bonds. The van der Waals surface area contributed by atoms with Gasteiger partial charge in [0.2, 0.25) is 0 Å². The topological polar surface area (TPSA) is 30.7 Å². The second-order valence-corrected chi connectivity index (χ2v) is 6.45. The van der Waals surface area contributed by atoms with E-state index in [1.165, 1.54) is 30.8 Å². The second-order valence-electron chi connectivity index (χ2n) is 5.16. The predicted octanol–water partition coefficient (Wildman–Crippen LogP) is 3.97. The van der Waals surface area contributed by atoms with E-state index in [2.05, 4.69) is 41.2 Å². The Hall–Kier alpha value is -1.03. The summed E-state index contributed by atoms with van der Waals surface area (Å²) in [5, 5.41) is 0.524. The lowest BCUT2D eigenvalue weighted by atomic mass is 10.2. The van der Waals surface area contributed by atoms with Crippen LogP contribution in [0.3, 0.4) is 0 Å². The summed E-state index contributed by atoms with van der Waals surface area (Å²) in [4.78, 5) is 9.32. The zero-order valence-electron chi connectivity index (χ0n) is 11.0. The lowest BCUT2D eigenvalue weighted by Crippen LogP contribution is -2.14. The van der Waals surface area contributed by atoms with Crippen LogP contribution in [0, 0.1) is 0 Å². The Labute approximate surface area is 112 Å². The summed E-state index contributed by atoms with van der Waals surface area (Å²) in [6, 6.07) is 4.04. The van der Waals surface area contributed by atoms with Crippen molar-refractivity contribution in [2.45, 2.75) is 44.4 Å². The van der Waals surface area contributed by atoms with Gasteiger partial charge in [-0.1, -0.05) is 13.8 Å². The third-order valence-corrected chi connectivity index (χ3v) is 4.79. The molecule has 2 aromatic rings. The van der Waals surface area contributed by atoms with Gasteiger partial charge in [0.15, 0.2) is 5.65 Å². The molecular weight excluding hydrogens is 242 g/mol. The van der Waals surface area contributed by atoms with E-state index in [0.29, 0.717) is 11.3 Å². The number of nitrogens with zero attached hydrogens (tertiary/aromatic N) is 3. The summed E-state index contributed by atoms with van der Waals surface area (Å²) in [5.41, 5.74) is 2.09. The van der Waals surface area contributed by atoms with Crippen molar-refractivity contribution in [2.24, 2.45) is 0 Å². The van der Waals surface area contributed by atoms with Crippen molar-refractivity contribution in [3.05, 3.63) is 24.2 Å². The number of imidazole rings is 1. The molecule has 0 spiro atoms. The maximum absolute atomic E-state index is 4.77. The minimum Gasteiger partial charge on any atom is -0.300 e. The van der Waals surface area contributed by atoms with Crippen LogP contribution < -0.4 is 0 Å². The van der Waals surface area contributed by atoms with Crippen LogP contribution in [0.2, 0.25) is 0 Å². The summed E-state index contributed by atoms with van der Waals surface area (Å²) < 4.78 is 2.38. The first-order valence-electron chi connectivity index (χ1n) is 6.72. The van der Waals surface area contributed by atoms with Gasteiger partial charge >= 0.3 is 0 Å². The molecule has 0 saturated carbocycles. The second kappa shape index (κ2) is 4.92. The highest BCUT2D eigenvalue weighted by atomic mass is 32.2. The molecular formula is C14H19N3S. The van der Waals surface area contributed by atoms with Crippen molar-refractivity contribution in [1.82, 2.24) is 14.5 Å². The molecule has 0 bridgehead atoms. The van der Waals surface area contributed by atoms with Crippen LogP contribution in [0.5, 0.6) is 0 Å². The van der Waals surface area contributed by atoms with Crippen molar-refractivity contribution in [1.29, 1.82) is 0 Å². The van der Waals surface area contributed by atoms with Gasteiger partial charge in [0, 0.05) is 12.1 Å². The van der Waals surface area contributed by atoms with Gasteiger partial charge in [-0.15, -0.1) is 11.8 Å². The molecule has 0 aromatic carbocycles. The number of hydrogen-bond donors (Lipinski definition) is 0. The minimum atomic E-state index is 0.446. The predicted molar refractivity (Wildman–Crippen MR) is 77.0 cm³/mol. The van der Waals surface area contributed by atoms with Crippen LogP contribution in [0.25, 0.3) is 11.2 Å². The van der Waals surface area contributed by atoms with Crippen molar-refractivity contribution < 1.29 is 0 Å². The molecule has 1 saturated heterocycles. The third kappa shape index (κ3) is 2.03. The fourth-order valence-electron chi connectivity index (χ4n) is 2.57. The summed E-state index contributed by atoms with van der Waals surface area (Å²) in [6.45, 7) is 4.43. The molecule has 2 aromatic heterocycles. The Bertz CT molecular complexity index is 541. The van der Waals surface area contributed by atoms with E-state index in [1.54, 1.807) is 0 Å². The van der Waals surface area contributed by atoms with Crippen LogP contribution in [-0.2, 0) is 0 Å². The van der Waals surface area contributed by atoms with Gasteiger partial charge in [-0.25, -0.2) is 9.97 Å². The molecule has 0 radical (unpaired) electrons. The Balaban J connectivity index is 2.14. The molecule has 18 heavy (non-hydrogen) atoms. The van der Waals surface area contributed by atoms with Crippen LogP contribution in [-0.4, -0.2) is 20.3 Å². The Kier molecular flexibility index (Phi) is 3.29. The molecule has 0 N–H and O–H groups in total. The van der Waals surface area contributed by atoms with E-state index in [-0.39, 0.29) is 0 Å². The first-order valence-corrected chi connectivity index (χ1v) is 7.76. The summed E-state index contributed by atoms with van der Waals surface area (Å²) in [7, 11) is 0. The van der Waals surface area contributed by atoms with Gasteiger partial charge in [0.05, 0.1) is 5.37 Å². The minimum absolute atomic E-state index is 0.446. The van der Waals surface area contributed by atoms with Gasteiger partial charge in [0.1, 0.15) is 11.3 Å². The fraction of sp³-hybridized carbons (Fsp3) is 0.571. The van der Waals surface area contributed by atoms with Gasteiger partial charge in [-0.3, -0.25) is 4.57 Å². The molecule has 0 aliphatic carbocycles. The molecule has 1 unspecified atom stereocenters. The third-order valence-electron chi connectivity index (χ3n) is 3.44. The molecule has 1 atom stereocenters. The lowest BCUT2D eigenvalue weighted by molar-refractivity contribution is 0.546. The Morgan fingerprint density at radius 3 is 3.00 bits per heavy atom. The van der Waals surface area contributed by atoms with E-state index < -0.39 is 0 Å². The van der Waals surface area contributed by atoms with Gasteiger partial charge in [-0.2, -0.15) is 0 Å². The van der Waals surface area contributed by atoms with Crippen LogP contribution in [0.1, 0.15) is 50.2 Å². The number of fused-ring (bicyclic) bond motifs is 1. The monoisotopic (exact) mass is 261 g/mol. The number of hydrogen-bond acceptors (Lipinski definition) is 3. The van der Waals surface area contributed by atoms with Crippen molar-refractivity contribution in [3.63, 3.8) is 0 Å². The average molecular weight is 261 g/mol. The lowest BCUT2D eigenvalue weighted by Gasteiger charge is -2.25. The molecule has 4 heteroatoms. The highest BCUT2D eigenvalue weighted by molar-refractivity contribution is 7.99. The molecule has 96 valence electrons. The summed E-state index contributed by atoms with van der Waals surface area (Å²) in [6.07, 6.45) is 5.78. The van der Waals surface area contributed by atoms with Gasteiger partial charge < -0.3 is 0 Å². The zero-order valence-corrected chi connectivity index (χ0v) is 11.8. The maximum Gasteiger partial charge on any atom is 0.160 e. The number of pyridine rings is 1. The summed E-state index contributed by atoms with van der Waals surface area (Å²) in [5.74, 6) is 2.89. The first-order chi connectivity index (χ1) is 8.77. The first kappa shape index (κ1) is 12.0. The average Bonchev–Trinajstić information content (AvgIpc) is 2.79. The molecule has 1 fully saturated rings. The van der Waals surface area contributed by atoms with Crippen LogP contribution in [0.4, 0.5) is 0 Å². The summed E-state index contributed by atoms with van der Waals surface area (Å²) >= 11 is 2.05. The largest absolute Gasteiger partial charge is 0.300 e. The van der Waals surface area contributed by atoms with E-state index in [1.807, 2.05) is 12.3 Å². The maximum atomic E-state index is 4.77. The SMILES string of the molecule is CC(C)c1nc2cccnc2n1C1CCCCS1. The smallest absolute Gasteiger partial charge is 0.160 e. The Morgan fingerprint density at radius 1 is 1.39 bits per heavy atom. The highest BCUT2D eigenvalue weighted by Crippen LogP contribution is 2.38. The van der Waals surface area contributed by atoms with Crippen LogP contribution >= 0.6 is 11.8 Å². The van der Waals surface area contributed by atoms with E-state index in [4.69, 9.17) is 4.98 Å². The van der Waals surface area contributed by atoms with Crippen molar-refractivity contribution in [2.75, 3.05) is 5.75 Å². The van der Waals surface area contributed by atoms with Crippen molar-refractivity contribution in [3.8, 4) is 0 Å². The zero-order chi connectivity index (χ0) is 12.5. The van der Waals surface area contributed by atoms with Gasteiger partial charge in [0.25, 0.3) is 0 Å². The number of rotatable bonds is 2. The van der Waals surface area contributed by atoms with Gasteiger partial charge in [-0.05, 0) is 37.1 Å². The molecule has 3 nitrogen and oxygen atoms in total. The van der Waals surface area contributed by atoms with E-state index >= 15 is 0 Å². The normalized spacial score (nSPS) is 20.7. The number of thioether (sulfide) groups is 1. The van der Waals surface area contributed by atoms with E-state index in [0.717, 1.165) is 11.2 Å². The quantitative estimate of drug-likeness (QED) is 0.819. The van der Waals surface area contributed by atoms with Crippen LogP contribution in [0.15, 0.2) is 18.3 Å². The standard InChI is InChI=1S/C14H19N3S/c1-10(2)13-16-11-6-5-8-15-14(11)17(13)12-7-3-4-9-18-12/h5-6,8,10,12H,3-4,7,9H2,1-2H3. The fourth-order valence-corrected chi connectivity index (χ4v) is 3.90. The van der Waals surface area contributed by atoms with E-state index in [9.17, 15) is 0 Å². The highest BCUT2D eigenvalue weighted by Gasteiger charge is 2.23. The Morgan fingerprint density at radius 2 is 2.28 bits per heavy atom. The molecule has 3 rings (SSSR count). The molecule has 1 aliphatic heterocycles. The molecule has 3 heterocycles. The number of aromatic nitrogens is 3.